The molecule has 2 nitrogen and oxygen atoms in total. The maximum atomic E-state index is 12.8. The van der Waals surface area contributed by atoms with Gasteiger partial charge in [0, 0.05) is 5.56 Å². The first-order chi connectivity index (χ1) is 5.68. The number of ether oxygens (including phenoxy) is 1. The number of halogens is 2. The third kappa shape index (κ3) is 1.06. The van der Waals surface area contributed by atoms with Gasteiger partial charge in [-0.25, -0.2) is 4.39 Å². The fraction of sp³-hybridized carbons (Fsp3) is 0.250. The van der Waals surface area contributed by atoms with Gasteiger partial charge < -0.3 is 10.5 Å². The molecule has 1 aliphatic rings. The fourth-order valence-corrected chi connectivity index (χ4v) is 1.54. The van der Waals surface area contributed by atoms with Gasteiger partial charge in [0.05, 0.1) is 11.1 Å². The molecule has 4 heteroatoms. The Morgan fingerprint density at radius 2 is 2.33 bits per heavy atom. The number of nitrogens with two attached hydrogens (primary N) is 1. The molecule has 1 atom stereocenters. The molecule has 64 valence electrons. The normalized spacial score (nSPS) is 20.4. The number of hydrogen-bond donors (Lipinski definition) is 1. The molecule has 2 rings (SSSR count). The van der Waals surface area contributed by atoms with Crippen LogP contribution in [0.1, 0.15) is 11.6 Å². The second kappa shape index (κ2) is 2.61. The summed E-state index contributed by atoms with van der Waals surface area (Å²) in [5.74, 6) is 0.144. The Kier molecular flexibility index (Phi) is 1.70. The van der Waals surface area contributed by atoms with Crippen LogP contribution in [0, 0.1) is 5.82 Å². The second-order valence-electron chi connectivity index (χ2n) is 2.72. The first kappa shape index (κ1) is 7.83. The van der Waals surface area contributed by atoms with Gasteiger partial charge in [-0.15, -0.1) is 0 Å². The molecule has 0 amide bonds. The summed E-state index contributed by atoms with van der Waals surface area (Å²) in [4.78, 5) is 0. The van der Waals surface area contributed by atoms with Crippen molar-refractivity contribution in [2.24, 2.45) is 5.73 Å². The van der Waals surface area contributed by atoms with Crippen molar-refractivity contribution in [3.05, 3.63) is 28.5 Å². The number of fused-ring (bicyclic) bond motifs is 1. The van der Waals surface area contributed by atoms with Gasteiger partial charge in [-0.1, -0.05) is 11.6 Å². The monoisotopic (exact) mass is 187 g/mol. The Morgan fingerprint density at radius 1 is 1.58 bits per heavy atom. The zero-order chi connectivity index (χ0) is 8.72. The molecular weight excluding hydrogens is 181 g/mol. The van der Waals surface area contributed by atoms with Crippen LogP contribution in [0.2, 0.25) is 5.02 Å². The molecule has 12 heavy (non-hydrogen) atoms. The standard InChI is InChI=1S/C8H7ClFNO/c9-6-2-4(10)1-5-7(11)3-12-8(5)6/h1-2,7H,3,11H2/t7-/m1/s1. The molecule has 1 aromatic rings. The lowest BCUT2D eigenvalue weighted by atomic mass is 10.1. The summed E-state index contributed by atoms with van der Waals surface area (Å²) in [7, 11) is 0. The van der Waals surface area contributed by atoms with E-state index in [1.807, 2.05) is 0 Å². The smallest absolute Gasteiger partial charge is 0.143 e. The van der Waals surface area contributed by atoms with Gasteiger partial charge in [0.2, 0.25) is 0 Å². The van der Waals surface area contributed by atoms with Crippen LogP contribution in [0.15, 0.2) is 12.1 Å². The Bertz CT molecular complexity index is 329. The van der Waals surface area contributed by atoms with Crippen molar-refractivity contribution in [2.45, 2.75) is 6.04 Å². The molecule has 0 unspecified atom stereocenters. The van der Waals surface area contributed by atoms with E-state index in [2.05, 4.69) is 0 Å². The van der Waals surface area contributed by atoms with Crippen molar-refractivity contribution < 1.29 is 9.13 Å². The van der Waals surface area contributed by atoms with Crippen LogP contribution in [0.4, 0.5) is 4.39 Å². The molecular formula is C8H7ClFNO. The highest BCUT2D eigenvalue weighted by molar-refractivity contribution is 6.32. The van der Waals surface area contributed by atoms with E-state index in [1.54, 1.807) is 0 Å². The van der Waals surface area contributed by atoms with E-state index < -0.39 is 0 Å². The minimum absolute atomic E-state index is 0.256. The van der Waals surface area contributed by atoms with Crippen molar-refractivity contribution >= 4 is 11.6 Å². The average molecular weight is 188 g/mol. The maximum absolute atomic E-state index is 12.8. The molecule has 0 bridgehead atoms. The average Bonchev–Trinajstić information content (AvgIpc) is 2.33. The van der Waals surface area contributed by atoms with E-state index in [4.69, 9.17) is 22.1 Å². The maximum Gasteiger partial charge on any atom is 0.143 e. The third-order valence-electron chi connectivity index (χ3n) is 1.84. The lowest BCUT2D eigenvalue weighted by molar-refractivity contribution is 0.333. The van der Waals surface area contributed by atoms with Crippen LogP contribution in [0.5, 0.6) is 5.75 Å². The molecule has 0 saturated heterocycles. The first-order valence-electron chi connectivity index (χ1n) is 3.56. The summed E-state index contributed by atoms with van der Waals surface area (Å²) in [6.07, 6.45) is 0. The van der Waals surface area contributed by atoms with Crippen LogP contribution in [-0.4, -0.2) is 6.61 Å². The molecule has 0 saturated carbocycles. The van der Waals surface area contributed by atoms with Crippen molar-refractivity contribution in [1.82, 2.24) is 0 Å². The van der Waals surface area contributed by atoms with E-state index >= 15 is 0 Å². The number of rotatable bonds is 0. The lowest BCUT2D eigenvalue weighted by Crippen LogP contribution is -2.10. The summed E-state index contributed by atoms with van der Waals surface area (Å²) in [6, 6.07) is 2.32. The predicted molar refractivity (Wildman–Crippen MR) is 43.8 cm³/mol. The first-order valence-corrected chi connectivity index (χ1v) is 3.93. The van der Waals surface area contributed by atoms with Crippen LogP contribution >= 0.6 is 11.6 Å². The van der Waals surface area contributed by atoms with Crippen molar-refractivity contribution in [2.75, 3.05) is 6.61 Å². The molecule has 2 N–H and O–H groups in total. The minimum Gasteiger partial charge on any atom is -0.490 e. The van der Waals surface area contributed by atoms with E-state index in [9.17, 15) is 4.39 Å². The summed E-state index contributed by atoms with van der Waals surface area (Å²) >= 11 is 5.72. The molecule has 0 aliphatic carbocycles. The zero-order valence-corrected chi connectivity index (χ0v) is 6.94. The summed E-state index contributed by atoms with van der Waals surface area (Å²) in [6.45, 7) is 0.374. The quantitative estimate of drug-likeness (QED) is 0.673. The second-order valence-corrected chi connectivity index (χ2v) is 3.13. The van der Waals surface area contributed by atoms with Gasteiger partial charge in [-0.3, -0.25) is 0 Å². The van der Waals surface area contributed by atoms with Gasteiger partial charge in [-0.05, 0) is 12.1 Å². The molecule has 0 aromatic heterocycles. The van der Waals surface area contributed by atoms with Gasteiger partial charge in [-0.2, -0.15) is 0 Å². The summed E-state index contributed by atoms with van der Waals surface area (Å²) < 4.78 is 18.0. The van der Waals surface area contributed by atoms with Crippen LogP contribution in [0.3, 0.4) is 0 Å². The Labute approximate surface area is 74.1 Å². The molecule has 1 aromatic carbocycles. The molecule has 1 aliphatic heterocycles. The lowest BCUT2D eigenvalue weighted by Gasteiger charge is -2.01. The van der Waals surface area contributed by atoms with Crippen LogP contribution in [0.25, 0.3) is 0 Å². The highest BCUT2D eigenvalue weighted by atomic mass is 35.5. The van der Waals surface area contributed by atoms with Crippen molar-refractivity contribution in [1.29, 1.82) is 0 Å². The van der Waals surface area contributed by atoms with Crippen molar-refractivity contribution in [3.8, 4) is 5.75 Å². The van der Waals surface area contributed by atoms with Crippen LogP contribution in [-0.2, 0) is 0 Å². The predicted octanol–water partition coefficient (Wildman–Crippen LogP) is 1.87. The van der Waals surface area contributed by atoms with E-state index in [1.165, 1.54) is 12.1 Å². The Hall–Kier alpha value is -0.800. The number of hydrogen-bond acceptors (Lipinski definition) is 2. The topological polar surface area (TPSA) is 35.2 Å². The molecule has 0 spiro atoms. The van der Waals surface area contributed by atoms with Crippen molar-refractivity contribution in [3.63, 3.8) is 0 Å². The molecule has 0 radical (unpaired) electrons. The van der Waals surface area contributed by atoms with E-state index in [-0.39, 0.29) is 16.9 Å². The molecule has 0 fully saturated rings. The minimum atomic E-state index is -0.375. The van der Waals surface area contributed by atoms with Gasteiger partial charge >= 0.3 is 0 Å². The molecule has 1 heterocycles. The van der Waals surface area contributed by atoms with Crippen LogP contribution < -0.4 is 10.5 Å². The van der Waals surface area contributed by atoms with Gasteiger partial charge in [0.1, 0.15) is 18.2 Å². The highest BCUT2D eigenvalue weighted by Crippen LogP contribution is 2.37. The third-order valence-corrected chi connectivity index (χ3v) is 2.12. The summed E-state index contributed by atoms with van der Waals surface area (Å²) in [5, 5.41) is 0.290. The zero-order valence-electron chi connectivity index (χ0n) is 6.18. The number of benzene rings is 1. The highest BCUT2D eigenvalue weighted by Gasteiger charge is 2.23. The largest absolute Gasteiger partial charge is 0.490 e. The SMILES string of the molecule is N[C@@H]1COc2c(Cl)cc(F)cc21. The fourth-order valence-electron chi connectivity index (χ4n) is 1.27. The Morgan fingerprint density at radius 3 is 3.08 bits per heavy atom. The van der Waals surface area contributed by atoms with E-state index in [0.717, 1.165) is 0 Å². The van der Waals surface area contributed by atoms with Gasteiger partial charge in [0.25, 0.3) is 0 Å². The Balaban J connectivity index is 2.60. The van der Waals surface area contributed by atoms with E-state index in [0.29, 0.717) is 17.9 Å². The van der Waals surface area contributed by atoms with Gasteiger partial charge in [0.15, 0.2) is 0 Å². The summed E-state index contributed by atoms with van der Waals surface area (Å²) in [5.41, 5.74) is 6.29.